The number of primary sulfonamides is 1. The number of benzene rings is 1. The third-order valence-corrected chi connectivity index (χ3v) is 4.11. The van der Waals surface area contributed by atoms with Crippen LogP contribution in [0.3, 0.4) is 0 Å². The fraction of sp³-hybridized carbons (Fsp3) is 0.500. The zero-order valence-electron chi connectivity index (χ0n) is 12.2. The second kappa shape index (κ2) is 6.91. The zero-order valence-corrected chi connectivity index (χ0v) is 13.0. The summed E-state index contributed by atoms with van der Waals surface area (Å²) in [6.07, 6.45) is 3.17. The number of rotatable bonds is 6. The van der Waals surface area contributed by atoms with E-state index in [4.69, 9.17) is 5.14 Å². The summed E-state index contributed by atoms with van der Waals surface area (Å²) >= 11 is 0. The van der Waals surface area contributed by atoms with Gasteiger partial charge >= 0.3 is 0 Å². The van der Waals surface area contributed by atoms with Crippen molar-refractivity contribution in [2.45, 2.75) is 37.1 Å². The molecule has 0 bridgehead atoms. The molecule has 0 spiro atoms. The third kappa shape index (κ3) is 5.35. The third-order valence-electron chi connectivity index (χ3n) is 3.18. The van der Waals surface area contributed by atoms with E-state index in [9.17, 15) is 8.42 Å². The van der Waals surface area contributed by atoms with E-state index in [1.807, 2.05) is 6.92 Å². The van der Waals surface area contributed by atoms with Gasteiger partial charge in [0.2, 0.25) is 10.0 Å². The maximum absolute atomic E-state index is 11.2. The van der Waals surface area contributed by atoms with Crippen LogP contribution in [0.1, 0.15) is 25.3 Å². The van der Waals surface area contributed by atoms with Gasteiger partial charge in [-0.2, -0.15) is 0 Å². The lowest BCUT2D eigenvalue weighted by atomic mass is 10.1. The molecule has 0 amide bonds. The Labute approximate surface area is 125 Å². The number of nitrogens with one attached hydrogen (secondary N) is 2. The highest BCUT2D eigenvalue weighted by molar-refractivity contribution is 7.89. The van der Waals surface area contributed by atoms with Crippen LogP contribution in [0.2, 0.25) is 0 Å². The molecule has 2 rings (SSSR count). The molecule has 116 valence electrons. The molecule has 21 heavy (non-hydrogen) atoms. The van der Waals surface area contributed by atoms with Crippen molar-refractivity contribution >= 4 is 16.0 Å². The summed E-state index contributed by atoms with van der Waals surface area (Å²) in [5.74, 6) is 0.848. The van der Waals surface area contributed by atoms with Gasteiger partial charge in [0, 0.05) is 19.1 Å². The van der Waals surface area contributed by atoms with Crippen LogP contribution in [-0.2, 0) is 16.4 Å². The highest BCUT2D eigenvalue weighted by Crippen LogP contribution is 2.18. The van der Waals surface area contributed by atoms with Crippen molar-refractivity contribution in [3.8, 4) is 0 Å². The number of guanidine groups is 1. The molecule has 0 aliphatic heterocycles. The second-order valence-electron chi connectivity index (χ2n) is 5.12. The number of sulfonamides is 1. The second-order valence-corrected chi connectivity index (χ2v) is 6.68. The molecule has 1 fully saturated rings. The fourth-order valence-corrected chi connectivity index (χ4v) is 2.40. The average molecular weight is 310 g/mol. The van der Waals surface area contributed by atoms with Crippen LogP contribution >= 0.6 is 0 Å². The van der Waals surface area contributed by atoms with Gasteiger partial charge in [0.1, 0.15) is 0 Å². The first kappa shape index (κ1) is 15.8. The van der Waals surface area contributed by atoms with E-state index in [0.717, 1.165) is 24.5 Å². The smallest absolute Gasteiger partial charge is 0.238 e. The summed E-state index contributed by atoms with van der Waals surface area (Å²) in [7, 11) is -3.61. The Morgan fingerprint density at radius 3 is 2.52 bits per heavy atom. The summed E-state index contributed by atoms with van der Waals surface area (Å²) in [6, 6.07) is 7.17. The number of hydrogen-bond donors (Lipinski definition) is 3. The van der Waals surface area contributed by atoms with Gasteiger partial charge in [0.25, 0.3) is 0 Å². The van der Waals surface area contributed by atoms with Crippen molar-refractivity contribution in [1.29, 1.82) is 0 Å². The van der Waals surface area contributed by atoms with Crippen LogP contribution in [0.4, 0.5) is 0 Å². The van der Waals surface area contributed by atoms with Crippen molar-refractivity contribution < 1.29 is 8.42 Å². The molecule has 0 aromatic heterocycles. The Hall–Kier alpha value is -1.60. The van der Waals surface area contributed by atoms with Crippen molar-refractivity contribution in [2.24, 2.45) is 10.1 Å². The van der Waals surface area contributed by atoms with Gasteiger partial charge in [-0.15, -0.1) is 0 Å². The zero-order chi connectivity index (χ0) is 15.3. The molecule has 1 aromatic carbocycles. The maximum Gasteiger partial charge on any atom is 0.238 e. The van der Waals surface area contributed by atoms with Crippen molar-refractivity contribution in [3.63, 3.8) is 0 Å². The largest absolute Gasteiger partial charge is 0.357 e. The van der Waals surface area contributed by atoms with E-state index in [1.165, 1.54) is 25.0 Å². The van der Waals surface area contributed by atoms with E-state index < -0.39 is 10.0 Å². The Kier molecular flexibility index (Phi) is 5.19. The normalized spacial score (nSPS) is 15.8. The molecule has 0 radical (unpaired) electrons. The lowest BCUT2D eigenvalue weighted by Crippen LogP contribution is -2.38. The van der Waals surface area contributed by atoms with Gasteiger partial charge in [-0.1, -0.05) is 12.1 Å². The van der Waals surface area contributed by atoms with Crippen molar-refractivity contribution in [2.75, 3.05) is 13.1 Å². The molecule has 1 saturated carbocycles. The van der Waals surface area contributed by atoms with Gasteiger partial charge in [-0.25, -0.2) is 13.6 Å². The first-order valence-electron chi connectivity index (χ1n) is 7.15. The lowest BCUT2D eigenvalue weighted by Gasteiger charge is -2.10. The summed E-state index contributed by atoms with van der Waals surface area (Å²) < 4.78 is 22.3. The van der Waals surface area contributed by atoms with E-state index in [-0.39, 0.29) is 4.90 Å². The van der Waals surface area contributed by atoms with E-state index >= 15 is 0 Å². The van der Waals surface area contributed by atoms with E-state index in [2.05, 4.69) is 15.6 Å². The first-order valence-corrected chi connectivity index (χ1v) is 8.70. The molecule has 0 heterocycles. The van der Waals surface area contributed by atoms with Gasteiger partial charge in [0.05, 0.1) is 4.90 Å². The summed E-state index contributed by atoms with van der Waals surface area (Å²) in [6.45, 7) is 3.52. The SMILES string of the molecule is CCNC(=NCCc1ccc(S(N)(=O)=O)cc1)NC1CC1. The van der Waals surface area contributed by atoms with Crippen LogP contribution in [0.25, 0.3) is 0 Å². The minimum Gasteiger partial charge on any atom is -0.357 e. The summed E-state index contributed by atoms with van der Waals surface area (Å²) in [4.78, 5) is 4.65. The number of hydrogen-bond acceptors (Lipinski definition) is 3. The summed E-state index contributed by atoms with van der Waals surface area (Å²) in [5.41, 5.74) is 1.04. The predicted octanol–water partition coefficient (Wildman–Crippen LogP) is 0.594. The lowest BCUT2D eigenvalue weighted by molar-refractivity contribution is 0.598. The predicted molar refractivity (Wildman–Crippen MR) is 83.7 cm³/mol. The fourth-order valence-electron chi connectivity index (χ4n) is 1.88. The minimum absolute atomic E-state index is 0.137. The Balaban J connectivity index is 1.89. The monoisotopic (exact) mass is 310 g/mol. The molecule has 0 unspecified atom stereocenters. The molecular weight excluding hydrogens is 288 g/mol. The Morgan fingerprint density at radius 2 is 2.00 bits per heavy atom. The van der Waals surface area contributed by atoms with Crippen LogP contribution in [-0.4, -0.2) is 33.5 Å². The Bertz CT molecular complexity index is 592. The molecule has 7 heteroatoms. The molecule has 1 aliphatic rings. The standard InChI is InChI=1S/C14H22N4O2S/c1-2-16-14(18-12-5-6-12)17-10-9-11-3-7-13(8-4-11)21(15,19)20/h3-4,7-8,12H,2,5-6,9-10H2,1H3,(H2,15,19,20)(H2,16,17,18). The van der Waals surface area contributed by atoms with Crippen LogP contribution < -0.4 is 15.8 Å². The van der Waals surface area contributed by atoms with Crippen molar-refractivity contribution in [1.82, 2.24) is 10.6 Å². The van der Waals surface area contributed by atoms with Gasteiger partial charge in [-0.3, -0.25) is 4.99 Å². The molecule has 4 N–H and O–H groups in total. The molecule has 1 aliphatic carbocycles. The maximum atomic E-state index is 11.2. The van der Waals surface area contributed by atoms with Crippen LogP contribution in [0.15, 0.2) is 34.2 Å². The molecule has 6 nitrogen and oxygen atoms in total. The Morgan fingerprint density at radius 1 is 1.33 bits per heavy atom. The van der Waals surface area contributed by atoms with E-state index in [0.29, 0.717) is 12.6 Å². The average Bonchev–Trinajstić information content (AvgIpc) is 3.22. The van der Waals surface area contributed by atoms with E-state index in [1.54, 1.807) is 12.1 Å². The molecule has 0 saturated heterocycles. The molecule has 0 atom stereocenters. The molecular formula is C14H22N4O2S. The quantitative estimate of drug-likeness (QED) is 0.529. The molecule has 1 aromatic rings. The highest BCUT2D eigenvalue weighted by Gasteiger charge is 2.21. The number of nitrogens with two attached hydrogens (primary N) is 1. The topological polar surface area (TPSA) is 96.6 Å². The number of nitrogens with zero attached hydrogens (tertiary/aromatic N) is 1. The van der Waals surface area contributed by atoms with Gasteiger partial charge in [0.15, 0.2) is 5.96 Å². The first-order chi connectivity index (χ1) is 9.99. The van der Waals surface area contributed by atoms with Crippen LogP contribution in [0, 0.1) is 0 Å². The van der Waals surface area contributed by atoms with Gasteiger partial charge < -0.3 is 10.6 Å². The minimum atomic E-state index is -3.61. The van der Waals surface area contributed by atoms with Crippen LogP contribution in [0.5, 0.6) is 0 Å². The highest BCUT2D eigenvalue weighted by atomic mass is 32.2. The van der Waals surface area contributed by atoms with Crippen molar-refractivity contribution in [3.05, 3.63) is 29.8 Å². The number of aliphatic imine (C=N–C) groups is 1. The van der Waals surface area contributed by atoms with Gasteiger partial charge in [-0.05, 0) is 43.9 Å². The summed E-state index contributed by atoms with van der Waals surface area (Å²) in [5, 5.41) is 11.6.